The van der Waals surface area contributed by atoms with Crippen molar-refractivity contribution in [3.63, 3.8) is 0 Å². The van der Waals surface area contributed by atoms with Crippen molar-refractivity contribution < 1.29 is 14.0 Å². The molecule has 0 radical (unpaired) electrons. The maximum atomic E-state index is 14.2. The van der Waals surface area contributed by atoms with E-state index in [1.807, 2.05) is 60.7 Å². The maximum Gasteiger partial charge on any atom is 0.243 e. The average molecular weight is 539 g/mol. The number of nitrogens with zero attached hydrogens (tertiary/aromatic N) is 1. The van der Waals surface area contributed by atoms with Gasteiger partial charge in [-0.15, -0.1) is 11.8 Å². The van der Waals surface area contributed by atoms with E-state index < -0.39 is 6.04 Å². The predicted molar refractivity (Wildman–Crippen MR) is 149 cm³/mol. The van der Waals surface area contributed by atoms with E-state index >= 15 is 0 Å². The van der Waals surface area contributed by atoms with Crippen LogP contribution < -0.4 is 5.32 Å². The molecule has 0 heterocycles. The molecule has 7 heteroatoms. The smallest absolute Gasteiger partial charge is 0.243 e. The van der Waals surface area contributed by atoms with Crippen LogP contribution in [0.25, 0.3) is 0 Å². The Morgan fingerprint density at radius 2 is 1.59 bits per heavy atom. The van der Waals surface area contributed by atoms with Crippen molar-refractivity contribution in [2.75, 3.05) is 5.75 Å². The van der Waals surface area contributed by atoms with Crippen molar-refractivity contribution >= 4 is 35.2 Å². The first kappa shape index (κ1) is 27.2. The largest absolute Gasteiger partial charge is 0.352 e. The molecular formula is C30H32ClFN2O2S. The lowest BCUT2D eigenvalue weighted by molar-refractivity contribution is -0.139. The molecule has 1 aliphatic carbocycles. The molecule has 2 amide bonds. The Balaban J connectivity index is 1.56. The van der Waals surface area contributed by atoms with Crippen LogP contribution in [0.4, 0.5) is 4.39 Å². The lowest BCUT2D eigenvalue weighted by Gasteiger charge is -2.32. The standard InChI is InChI=1S/C30H32ClFN2O2S/c31-26-16-9-17-27(32)25(26)20-37-21-29(35)34(19-23-12-5-2-6-13-23)28(18-22-10-3-1-4-11-22)30(36)33-24-14-7-8-15-24/h1-6,9-13,16-17,24,28H,7-8,14-15,18-21H2,(H,33,36)/t28-/m0/s1. The number of carbonyl (C=O) groups is 2. The predicted octanol–water partition coefficient (Wildman–Crippen LogP) is 6.41. The van der Waals surface area contributed by atoms with E-state index in [-0.39, 0.29) is 35.2 Å². The second-order valence-electron chi connectivity index (χ2n) is 9.40. The number of halogens is 2. The molecule has 1 saturated carbocycles. The number of carbonyl (C=O) groups excluding carboxylic acids is 2. The van der Waals surface area contributed by atoms with E-state index in [0.717, 1.165) is 36.8 Å². The van der Waals surface area contributed by atoms with Crippen LogP contribution in [-0.2, 0) is 28.3 Å². The zero-order chi connectivity index (χ0) is 26.0. The van der Waals surface area contributed by atoms with Crippen molar-refractivity contribution in [2.24, 2.45) is 0 Å². The molecule has 0 aliphatic heterocycles. The second kappa shape index (κ2) is 13.6. The highest BCUT2D eigenvalue weighted by molar-refractivity contribution is 7.99. The quantitative estimate of drug-likeness (QED) is 0.307. The molecule has 4 nitrogen and oxygen atoms in total. The fraction of sp³-hybridized carbons (Fsp3) is 0.333. The van der Waals surface area contributed by atoms with E-state index in [2.05, 4.69) is 5.32 Å². The third-order valence-corrected chi connectivity index (χ3v) is 8.00. The molecule has 0 bridgehead atoms. The first-order chi connectivity index (χ1) is 18.0. The van der Waals surface area contributed by atoms with Crippen LogP contribution in [0.2, 0.25) is 5.02 Å². The van der Waals surface area contributed by atoms with Gasteiger partial charge >= 0.3 is 0 Å². The van der Waals surface area contributed by atoms with Crippen LogP contribution in [0.15, 0.2) is 78.9 Å². The fourth-order valence-corrected chi connectivity index (χ4v) is 5.94. The first-order valence-corrected chi connectivity index (χ1v) is 14.2. The molecule has 0 spiro atoms. The Morgan fingerprint density at radius 1 is 0.946 bits per heavy atom. The van der Waals surface area contributed by atoms with Crippen molar-refractivity contribution in [3.05, 3.63) is 106 Å². The summed E-state index contributed by atoms with van der Waals surface area (Å²) in [6, 6.07) is 23.6. The van der Waals surface area contributed by atoms with Gasteiger partial charge in [0.05, 0.1) is 5.75 Å². The fourth-order valence-electron chi connectivity index (χ4n) is 4.70. The Bertz CT molecular complexity index is 1150. The van der Waals surface area contributed by atoms with E-state index in [4.69, 9.17) is 11.6 Å². The van der Waals surface area contributed by atoms with Crippen LogP contribution in [0.3, 0.4) is 0 Å². The van der Waals surface area contributed by atoms with Gasteiger partial charge < -0.3 is 10.2 Å². The van der Waals surface area contributed by atoms with E-state index in [1.165, 1.54) is 17.8 Å². The van der Waals surface area contributed by atoms with Gasteiger partial charge in [0, 0.05) is 35.3 Å². The third kappa shape index (κ3) is 7.83. The molecule has 194 valence electrons. The summed E-state index contributed by atoms with van der Waals surface area (Å²) in [5, 5.41) is 3.56. The highest BCUT2D eigenvalue weighted by Gasteiger charge is 2.32. The van der Waals surface area contributed by atoms with Crippen molar-refractivity contribution in [1.29, 1.82) is 0 Å². The van der Waals surface area contributed by atoms with Gasteiger partial charge in [0.2, 0.25) is 11.8 Å². The number of rotatable bonds is 11. The number of hydrogen-bond donors (Lipinski definition) is 1. The Kier molecular flexibility index (Phi) is 10.0. The van der Waals surface area contributed by atoms with E-state index in [0.29, 0.717) is 23.6 Å². The number of nitrogens with one attached hydrogen (secondary N) is 1. The molecule has 0 aromatic heterocycles. The van der Waals surface area contributed by atoms with Gasteiger partial charge in [-0.2, -0.15) is 0 Å². The summed E-state index contributed by atoms with van der Waals surface area (Å²) in [7, 11) is 0. The molecule has 1 N–H and O–H groups in total. The highest BCUT2D eigenvalue weighted by atomic mass is 35.5. The average Bonchev–Trinajstić information content (AvgIpc) is 3.42. The second-order valence-corrected chi connectivity index (χ2v) is 10.8. The van der Waals surface area contributed by atoms with Gasteiger partial charge in [-0.25, -0.2) is 4.39 Å². The van der Waals surface area contributed by atoms with Crippen molar-refractivity contribution in [3.8, 4) is 0 Å². The Labute approximate surface area is 227 Å². The van der Waals surface area contributed by atoms with Crippen LogP contribution in [0, 0.1) is 5.82 Å². The summed E-state index contributed by atoms with van der Waals surface area (Å²) in [5.74, 6) is -0.287. The summed E-state index contributed by atoms with van der Waals surface area (Å²) < 4.78 is 14.2. The molecule has 3 aromatic carbocycles. The number of thioether (sulfide) groups is 1. The topological polar surface area (TPSA) is 49.4 Å². The summed E-state index contributed by atoms with van der Waals surface area (Å²) in [6.07, 6.45) is 4.57. The number of hydrogen-bond acceptors (Lipinski definition) is 3. The van der Waals surface area contributed by atoms with Gasteiger partial charge in [-0.05, 0) is 36.1 Å². The summed E-state index contributed by atoms with van der Waals surface area (Å²) in [6.45, 7) is 0.316. The molecule has 0 unspecified atom stereocenters. The molecule has 1 aliphatic rings. The zero-order valence-electron chi connectivity index (χ0n) is 20.7. The van der Waals surface area contributed by atoms with Gasteiger partial charge in [-0.3, -0.25) is 9.59 Å². The van der Waals surface area contributed by atoms with Crippen LogP contribution in [0.1, 0.15) is 42.4 Å². The molecular weight excluding hydrogens is 507 g/mol. The van der Waals surface area contributed by atoms with E-state index in [1.54, 1.807) is 17.0 Å². The lowest BCUT2D eigenvalue weighted by atomic mass is 10.0. The molecule has 1 fully saturated rings. The summed E-state index contributed by atoms with van der Waals surface area (Å²) >= 11 is 7.48. The minimum absolute atomic E-state index is 0.111. The van der Waals surface area contributed by atoms with Gasteiger partial charge in [0.15, 0.2) is 0 Å². The first-order valence-electron chi connectivity index (χ1n) is 12.7. The van der Waals surface area contributed by atoms with Crippen LogP contribution in [0.5, 0.6) is 0 Å². The van der Waals surface area contributed by atoms with Crippen LogP contribution in [-0.4, -0.2) is 34.6 Å². The lowest BCUT2D eigenvalue weighted by Crippen LogP contribution is -2.52. The minimum atomic E-state index is -0.659. The summed E-state index contributed by atoms with van der Waals surface area (Å²) in [5.41, 5.74) is 2.33. The monoisotopic (exact) mass is 538 g/mol. The SMILES string of the molecule is O=C(NC1CCCC1)[C@H](Cc1ccccc1)N(Cc1ccccc1)C(=O)CSCc1c(F)cccc1Cl. The summed E-state index contributed by atoms with van der Waals surface area (Å²) in [4.78, 5) is 29.0. The third-order valence-electron chi connectivity index (χ3n) is 6.70. The van der Waals surface area contributed by atoms with Gasteiger partial charge in [0.1, 0.15) is 11.9 Å². The minimum Gasteiger partial charge on any atom is -0.352 e. The molecule has 4 rings (SSSR count). The Hall–Kier alpha value is -2.83. The molecule has 1 atom stereocenters. The zero-order valence-corrected chi connectivity index (χ0v) is 22.3. The van der Waals surface area contributed by atoms with E-state index in [9.17, 15) is 14.0 Å². The Morgan fingerprint density at radius 3 is 2.24 bits per heavy atom. The molecule has 3 aromatic rings. The highest BCUT2D eigenvalue weighted by Crippen LogP contribution is 2.25. The van der Waals surface area contributed by atoms with Crippen LogP contribution >= 0.6 is 23.4 Å². The van der Waals surface area contributed by atoms with Crippen molar-refractivity contribution in [1.82, 2.24) is 10.2 Å². The maximum absolute atomic E-state index is 14.2. The number of amides is 2. The molecule has 37 heavy (non-hydrogen) atoms. The van der Waals surface area contributed by atoms with Crippen molar-refractivity contribution in [2.45, 2.75) is 56.5 Å². The van der Waals surface area contributed by atoms with Gasteiger partial charge in [-0.1, -0.05) is 91.2 Å². The molecule has 0 saturated heterocycles. The number of benzene rings is 3. The van der Waals surface area contributed by atoms with Gasteiger partial charge in [0.25, 0.3) is 0 Å². The normalized spacial score (nSPS) is 14.3.